The van der Waals surface area contributed by atoms with Gasteiger partial charge in [0, 0.05) is 31.3 Å². The Labute approximate surface area is 180 Å². The first kappa shape index (κ1) is 22.1. The number of fused-ring (bicyclic) bond motifs is 1. The summed E-state index contributed by atoms with van der Waals surface area (Å²) in [7, 11) is 1.63. The van der Waals surface area contributed by atoms with Gasteiger partial charge in [0.05, 0.1) is 16.7 Å². The number of ether oxygens (including phenoxy) is 1. The van der Waals surface area contributed by atoms with Gasteiger partial charge in [-0.3, -0.25) is 14.2 Å². The Hall–Kier alpha value is -1.57. The molecule has 0 spiro atoms. The number of hydrogen-bond donors (Lipinski definition) is 1. The van der Waals surface area contributed by atoms with Crippen LogP contribution in [0.15, 0.2) is 28.2 Å². The highest BCUT2D eigenvalue weighted by Gasteiger charge is 2.23. The van der Waals surface area contributed by atoms with Crippen LogP contribution in [-0.4, -0.2) is 41.0 Å². The number of thioether (sulfide) groups is 1. The SMILES string of the molecule is COCCCn1c(SCC(=O)N[C@@H]2CCCC[C@@H]2C)nc2cc(Cl)ccc2c1=O. The van der Waals surface area contributed by atoms with Crippen LogP contribution < -0.4 is 10.9 Å². The normalized spacial score (nSPS) is 19.4. The molecule has 1 aromatic carbocycles. The minimum absolute atomic E-state index is 0.0161. The van der Waals surface area contributed by atoms with Crippen molar-refractivity contribution in [3.8, 4) is 0 Å². The summed E-state index contributed by atoms with van der Waals surface area (Å²) < 4.78 is 6.75. The first-order valence-corrected chi connectivity index (χ1v) is 11.5. The van der Waals surface area contributed by atoms with Crippen LogP contribution in [0.3, 0.4) is 0 Å². The zero-order valence-corrected chi connectivity index (χ0v) is 18.5. The third-order valence-electron chi connectivity index (χ3n) is 5.40. The predicted octanol–water partition coefficient (Wildman–Crippen LogP) is 3.87. The molecule has 0 saturated heterocycles. The summed E-state index contributed by atoms with van der Waals surface area (Å²) in [5.41, 5.74) is 0.431. The molecule has 1 aliphatic rings. The lowest BCUT2D eigenvalue weighted by molar-refractivity contribution is -0.119. The third-order valence-corrected chi connectivity index (χ3v) is 6.61. The first-order valence-electron chi connectivity index (χ1n) is 10.1. The number of aromatic nitrogens is 2. The summed E-state index contributed by atoms with van der Waals surface area (Å²) >= 11 is 7.37. The summed E-state index contributed by atoms with van der Waals surface area (Å²) in [6.45, 7) is 3.23. The molecule has 2 atom stereocenters. The fraction of sp³-hybridized carbons (Fsp3) is 0.571. The second kappa shape index (κ2) is 10.5. The molecule has 1 aliphatic carbocycles. The quantitative estimate of drug-likeness (QED) is 0.385. The summed E-state index contributed by atoms with van der Waals surface area (Å²) in [4.78, 5) is 30.1. The molecule has 1 amide bonds. The summed E-state index contributed by atoms with van der Waals surface area (Å²) in [5.74, 6) is 0.718. The van der Waals surface area contributed by atoms with E-state index in [1.165, 1.54) is 18.2 Å². The Morgan fingerprint density at radius 1 is 1.38 bits per heavy atom. The average molecular weight is 438 g/mol. The van der Waals surface area contributed by atoms with Gasteiger partial charge in [-0.2, -0.15) is 0 Å². The van der Waals surface area contributed by atoms with Crippen LogP contribution >= 0.6 is 23.4 Å². The highest BCUT2D eigenvalue weighted by molar-refractivity contribution is 7.99. The lowest BCUT2D eigenvalue weighted by Gasteiger charge is -2.29. The van der Waals surface area contributed by atoms with E-state index in [1.807, 2.05) is 0 Å². The summed E-state index contributed by atoms with van der Waals surface area (Å²) in [5, 5.41) is 4.74. The Balaban J connectivity index is 1.77. The van der Waals surface area contributed by atoms with Gasteiger partial charge in [-0.15, -0.1) is 0 Å². The molecule has 29 heavy (non-hydrogen) atoms. The zero-order chi connectivity index (χ0) is 20.8. The van der Waals surface area contributed by atoms with Crippen LogP contribution in [0.25, 0.3) is 10.9 Å². The Morgan fingerprint density at radius 2 is 2.17 bits per heavy atom. The van der Waals surface area contributed by atoms with E-state index in [0.29, 0.717) is 46.6 Å². The molecule has 0 unspecified atom stereocenters. The van der Waals surface area contributed by atoms with Crippen LogP contribution in [0.1, 0.15) is 39.0 Å². The van der Waals surface area contributed by atoms with Crippen molar-refractivity contribution in [2.45, 2.75) is 56.8 Å². The van der Waals surface area contributed by atoms with Gasteiger partial charge in [0.2, 0.25) is 5.91 Å². The van der Waals surface area contributed by atoms with Crippen LogP contribution in [-0.2, 0) is 16.1 Å². The van der Waals surface area contributed by atoms with Crippen molar-refractivity contribution in [1.29, 1.82) is 0 Å². The molecular weight excluding hydrogens is 410 g/mol. The number of nitrogens with zero attached hydrogens (tertiary/aromatic N) is 2. The fourth-order valence-electron chi connectivity index (χ4n) is 3.76. The Bertz CT molecular complexity index is 918. The Kier molecular flexibility index (Phi) is 7.98. The average Bonchev–Trinajstić information content (AvgIpc) is 2.70. The van der Waals surface area contributed by atoms with Crippen LogP contribution in [0, 0.1) is 5.92 Å². The number of rotatable bonds is 8. The molecule has 0 aliphatic heterocycles. The second-order valence-corrected chi connectivity index (χ2v) is 8.96. The number of carbonyl (C=O) groups excluding carboxylic acids is 1. The van der Waals surface area contributed by atoms with Crippen molar-refractivity contribution >= 4 is 40.2 Å². The summed E-state index contributed by atoms with van der Waals surface area (Å²) in [6.07, 6.45) is 5.28. The van der Waals surface area contributed by atoms with E-state index in [-0.39, 0.29) is 23.3 Å². The van der Waals surface area contributed by atoms with Crippen LogP contribution in [0.5, 0.6) is 0 Å². The molecule has 1 saturated carbocycles. The highest BCUT2D eigenvalue weighted by Crippen LogP contribution is 2.24. The van der Waals surface area contributed by atoms with Crippen molar-refractivity contribution in [3.63, 3.8) is 0 Å². The van der Waals surface area contributed by atoms with E-state index in [2.05, 4.69) is 17.2 Å². The van der Waals surface area contributed by atoms with Crippen LogP contribution in [0.4, 0.5) is 0 Å². The maximum absolute atomic E-state index is 13.0. The van der Waals surface area contributed by atoms with Gasteiger partial charge in [0.1, 0.15) is 0 Å². The minimum Gasteiger partial charge on any atom is -0.385 e. The van der Waals surface area contributed by atoms with Gasteiger partial charge < -0.3 is 10.1 Å². The number of methoxy groups -OCH3 is 1. The minimum atomic E-state index is -0.119. The van der Waals surface area contributed by atoms with E-state index in [1.54, 1.807) is 29.9 Å². The number of nitrogens with one attached hydrogen (secondary N) is 1. The summed E-state index contributed by atoms with van der Waals surface area (Å²) in [6, 6.07) is 5.32. The topological polar surface area (TPSA) is 73.2 Å². The lowest BCUT2D eigenvalue weighted by Crippen LogP contribution is -2.42. The van der Waals surface area contributed by atoms with Crippen LogP contribution in [0.2, 0.25) is 5.02 Å². The molecule has 6 nitrogen and oxygen atoms in total. The van der Waals surface area contributed by atoms with E-state index in [9.17, 15) is 9.59 Å². The molecule has 2 aromatic rings. The van der Waals surface area contributed by atoms with Crippen molar-refractivity contribution in [1.82, 2.24) is 14.9 Å². The zero-order valence-electron chi connectivity index (χ0n) is 16.9. The predicted molar refractivity (Wildman–Crippen MR) is 118 cm³/mol. The number of hydrogen-bond acceptors (Lipinski definition) is 5. The Morgan fingerprint density at radius 3 is 2.93 bits per heavy atom. The number of amides is 1. The number of carbonyl (C=O) groups is 1. The van der Waals surface area contributed by atoms with Gasteiger partial charge >= 0.3 is 0 Å². The van der Waals surface area contributed by atoms with E-state index in [0.717, 1.165) is 19.3 Å². The maximum Gasteiger partial charge on any atom is 0.262 e. The van der Waals surface area contributed by atoms with E-state index in [4.69, 9.17) is 16.3 Å². The molecule has 1 N–H and O–H groups in total. The third kappa shape index (κ3) is 5.74. The number of halogens is 1. The molecule has 1 aromatic heterocycles. The maximum atomic E-state index is 13.0. The van der Waals surface area contributed by atoms with E-state index >= 15 is 0 Å². The van der Waals surface area contributed by atoms with E-state index < -0.39 is 0 Å². The molecule has 158 valence electrons. The van der Waals surface area contributed by atoms with Crippen molar-refractivity contribution in [2.75, 3.05) is 19.5 Å². The smallest absolute Gasteiger partial charge is 0.262 e. The van der Waals surface area contributed by atoms with Crippen molar-refractivity contribution in [3.05, 3.63) is 33.6 Å². The first-order chi connectivity index (χ1) is 14.0. The van der Waals surface area contributed by atoms with Gasteiger partial charge in [-0.25, -0.2) is 4.98 Å². The fourth-order valence-corrected chi connectivity index (χ4v) is 4.76. The van der Waals surface area contributed by atoms with Crippen molar-refractivity contribution in [2.24, 2.45) is 5.92 Å². The number of benzene rings is 1. The second-order valence-electron chi connectivity index (χ2n) is 7.58. The largest absolute Gasteiger partial charge is 0.385 e. The van der Waals surface area contributed by atoms with Gasteiger partial charge in [-0.05, 0) is 43.4 Å². The van der Waals surface area contributed by atoms with Gasteiger partial charge in [-0.1, -0.05) is 43.1 Å². The van der Waals surface area contributed by atoms with Gasteiger partial charge in [0.25, 0.3) is 5.56 Å². The van der Waals surface area contributed by atoms with Gasteiger partial charge in [0.15, 0.2) is 5.16 Å². The monoisotopic (exact) mass is 437 g/mol. The van der Waals surface area contributed by atoms with Crippen molar-refractivity contribution < 1.29 is 9.53 Å². The molecule has 1 heterocycles. The highest BCUT2D eigenvalue weighted by atomic mass is 35.5. The standard InChI is InChI=1S/C21H28ClN3O3S/c1-14-6-3-4-7-17(14)23-19(26)13-29-21-24-18-12-15(22)8-9-16(18)20(27)25(21)10-5-11-28-2/h8-9,12,14,17H,3-7,10-11,13H2,1-2H3,(H,23,26)/t14-,17+/m0/s1. The molecule has 3 rings (SSSR count). The molecular formula is C21H28ClN3O3S. The molecule has 0 bridgehead atoms. The lowest BCUT2D eigenvalue weighted by atomic mass is 9.86. The molecule has 8 heteroatoms. The molecule has 0 radical (unpaired) electrons. The molecule has 1 fully saturated rings.